The summed E-state index contributed by atoms with van der Waals surface area (Å²) >= 11 is 0. The van der Waals surface area contributed by atoms with E-state index in [4.69, 9.17) is 10.8 Å². The van der Waals surface area contributed by atoms with Crippen LogP contribution in [0.4, 0.5) is 13.2 Å². The molecule has 0 unspecified atom stereocenters. The van der Waals surface area contributed by atoms with E-state index < -0.39 is 23.2 Å². The van der Waals surface area contributed by atoms with Crippen molar-refractivity contribution in [2.45, 2.75) is 26.1 Å². The molecule has 18 heavy (non-hydrogen) atoms. The number of rotatable bonds is 3. The van der Waals surface area contributed by atoms with E-state index in [9.17, 15) is 18.3 Å². The number of nitrogens with two attached hydrogens (primary N) is 1. The van der Waals surface area contributed by atoms with Gasteiger partial charge in [0.15, 0.2) is 0 Å². The van der Waals surface area contributed by atoms with Gasteiger partial charge in [-0.2, -0.15) is 13.2 Å². The third-order valence-corrected chi connectivity index (χ3v) is 2.94. The molecule has 6 heteroatoms. The second-order valence-electron chi connectivity index (χ2n) is 4.90. The normalized spacial score (nSPS) is 14.6. The van der Waals surface area contributed by atoms with Gasteiger partial charge in [0, 0.05) is 23.6 Å². The Bertz CT molecular complexity index is 430. The van der Waals surface area contributed by atoms with E-state index in [2.05, 4.69) is 0 Å². The van der Waals surface area contributed by atoms with Crippen LogP contribution in [0.5, 0.6) is 5.75 Å². The molecule has 1 aromatic carbocycles. The number of hydrogen-bond donors (Lipinski definition) is 3. The lowest BCUT2D eigenvalue weighted by Crippen LogP contribution is -2.32. The Hall–Kier alpha value is -1.27. The highest BCUT2D eigenvalue weighted by Gasteiger charge is 2.34. The van der Waals surface area contributed by atoms with Crippen molar-refractivity contribution >= 4 is 0 Å². The summed E-state index contributed by atoms with van der Waals surface area (Å²) in [5, 5.41) is 18.8. The first-order valence-corrected chi connectivity index (χ1v) is 5.36. The Morgan fingerprint density at radius 2 is 1.83 bits per heavy atom. The van der Waals surface area contributed by atoms with Crippen LogP contribution < -0.4 is 5.73 Å². The van der Waals surface area contributed by atoms with E-state index in [0.717, 1.165) is 18.2 Å². The molecule has 0 aliphatic carbocycles. The summed E-state index contributed by atoms with van der Waals surface area (Å²) in [4.78, 5) is 0. The zero-order chi connectivity index (χ0) is 14.1. The average molecular weight is 263 g/mol. The molecule has 0 aliphatic heterocycles. The van der Waals surface area contributed by atoms with Gasteiger partial charge in [-0.15, -0.1) is 0 Å². The van der Waals surface area contributed by atoms with Crippen molar-refractivity contribution < 1.29 is 23.4 Å². The molecular formula is C12H16F3NO2. The fraction of sp³-hybridized carbons (Fsp3) is 0.500. The molecule has 4 N–H and O–H groups in total. The first-order valence-electron chi connectivity index (χ1n) is 5.36. The number of aliphatic hydroxyl groups is 1. The van der Waals surface area contributed by atoms with Crippen LogP contribution in [-0.4, -0.2) is 16.8 Å². The van der Waals surface area contributed by atoms with Gasteiger partial charge in [-0.1, -0.05) is 13.8 Å². The smallest absolute Gasteiger partial charge is 0.416 e. The van der Waals surface area contributed by atoms with E-state index in [1.807, 2.05) is 0 Å². The third kappa shape index (κ3) is 2.94. The van der Waals surface area contributed by atoms with Gasteiger partial charge in [0.25, 0.3) is 0 Å². The lowest BCUT2D eigenvalue weighted by atomic mass is 9.81. The third-order valence-electron chi connectivity index (χ3n) is 2.94. The lowest BCUT2D eigenvalue weighted by molar-refractivity contribution is -0.137. The van der Waals surface area contributed by atoms with Crippen LogP contribution in [0.3, 0.4) is 0 Å². The topological polar surface area (TPSA) is 66.5 Å². The fourth-order valence-corrected chi connectivity index (χ4v) is 1.50. The van der Waals surface area contributed by atoms with Crippen molar-refractivity contribution in [1.82, 2.24) is 0 Å². The van der Waals surface area contributed by atoms with Gasteiger partial charge in [-0.3, -0.25) is 0 Å². The highest BCUT2D eigenvalue weighted by atomic mass is 19.4. The fourth-order valence-electron chi connectivity index (χ4n) is 1.50. The molecule has 3 nitrogen and oxygen atoms in total. The van der Waals surface area contributed by atoms with Gasteiger partial charge in [0.05, 0.1) is 5.56 Å². The van der Waals surface area contributed by atoms with Crippen LogP contribution in [0.1, 0.15) is 31.0 Å². The van der Waals surface area contributed by atoms with E-state index in [1.165, 1.54) is 0 Å². The maximum Gasteiger partial charge on any atom is 0.416 e. The molecule has 0 aromatic heterocycles. The van der Waals surface area contributed by atoms with Crippen LogP contribution >= 0.6 is 0 Å². The quantitative estimate of drug-likeness (QED) is 0.784. The summed E-state index contributed by atoms with van der Waals surface area (Å²) in [5.41, 5.74) is 4.08. The van der Waals surface area contributed by atoms with Gasteiger partial charge in [-0.05, 0) is 18.2 Å². The molecule has 1 atom stereocenters. The predicted molar refractivity (Wildman–Crippen MR) is 60.9 cm³/mol. The Morgan fingerprint density at radius 1 is 1.28 bits per heavy atom. The molecule has 0 bridgehead atoms. The van der Waals surface area contributed by atoms with Crippen molar-refractivity contribution in [2.24, 2.45) is 11.1 Å². The Kier molecular flexibility index (Phi) is 3.92. The number of benzene rings is 1. The van der Waals surface area contributed by atoms with Crippen molar-refractivity contribution in [3.63, 3.8) is 0 Å². The first kappa shape index (κ1) is 14.8. The minimum Gasteiger partial charge on any atom is -0.508 e. The molecular weight excluding hydrogens is 247 g/mol. The molecule has 1 aromatic rings. The summed E-state index contributed by atoms with van der Waals surface area (Å²) in [6, 6.07) is 1.67. The molecule has 102 valence electrons. The minimum absolute atomic E-state index is 0.0242. The molecule has 0 fully saturated rings. The highest BCUT2D eigenvalue weighted by molar-refractivity contribution is 5.40. The average Bonchev–Trinajstić information content (AvgIpc) is 2.27. The zero-order valence-electron chi connectivity index (χ0n) is 10.1. The number of aliphatic hydroxyl groups excluding tert-OH is 1. The summed E-state index contributed by atoms with van der Waals surface area (Å²) in [6.07, 6.45) is -4.49. The van der Waals surface area contributed by atoms with E-state index in [-0.39, 0.29) is 17.9 Å². The predicted octanol–water partition coefficient (Wildman–Crippen LogP) is 2.43. The van der Waals surface area contributed by atoms with Crippen molar-refractivity contribution in [3.05, 3.63) is 29.3 Å². The van der Waals surface area contributed by atoms with E-state index in [0.29, 0.717) is 0 Å². The molecule has 0 saturated heterocycles. The monoisotopic (exact) mass is 263 g/mol. The number of phenols is 1. The van der Waals surface area contributed by atoms with Crippen molar-refractivity contribution in [3.8, 4) is 5.75 Å². The van der Waals surface area contributed by atoms with E-state index >= 15 is 0 Å². The number of alkyl halides is 3. The van der Waals surface area contributed by atoms with Crippen LogP contribution in [0.25, 0.3) is 0 Å². The largest absolute Gasteiger partial charge is 0.508 e. The number of phenolic OH excluding ortho intramolecular Hbond substituents is 1. The summed E-state index contributed by atoms with van der Waals surface area (Å²) < 4.78 is 37.7. The van der Waals surface area contributed by atoms with Crippen LogP contribution in [0.2, 0.25) is 0 Å². The van der Waals surface area contributed by atoms with Crippen molar-refractivity contribution in [2.75, 3.05) is 6.61 Å². The molecule has 0 aliphatic rings. The molecule has 0 amide bonds. The highest BCUT2D eigenvalue weighted by Crippen LogP contribution is 2.38. The number of hydrogen-bond acceptors (Lipinski definition) is 3. The Labute approximate surface area is 103 Å². The second-order valence-corrected chi connectivity index (χ2v) is 4.90. The van der Waals surface area contributed by atoms with Gasteiger partial charge in [-0.25, -0.2) is 0 Å². The van der Waals surface area contributed by atoms with Gasteiger partial charge in [0.1, 0.15) is 5.75 Å². The maximum absolute atomic E-state index is 12.6. The lowest BCUT2D eigenvalue weighted by Gasteiger charge is -2.30. The van der Waals surface area contributed by atoms with Gasteiger partial charge >= 0.3 is 6.18 Å². The molecule has 0 radical (unpaired) electrons. The Balaban J connectivity index is 3.24. The molecule has 0 spiro atoms. The van der Waals surface area contributed by atoms with Crippen LogP contribution in [0, 0.1) is 5.41 Å². The van der Waals surface area contributed by atoms with Gasteiger partial charge < -0.3 is 15.9 Å². The standard InChI is InChI=1S/C12H16F3NO2/c1-11(2,6-17)10(16)8-5-7(12(13,14)15)3-4-9(8)18/h3-5,10,17-18H,6,16H2,1-2H3/t10-/m0/s1. The number of aromatic hydroxyl groups is 1. The molecule has 1 rings (SSSR count). The molecule has 0 heterocycles. The number of halogens is 3. The molecule has 0 saturated carbocycles. The van der Waals surface area contributed by atoms with Crippen LogP contribution in [0.15, 0.2) is 18.2 Å². The first-order chi connectivity index (χ1) is 8.09. The minimum atomic E-state index is -4.49. The van der Waals surface area contributed by atoms with Crippen molar-refractivity contribution in [1.29, 1.82) is 0 Å². The maximum atomic E-state index is 12.6. The Morgan fingerprint density at radius 3 is 2.28 bits per heavy atom. The second kappa shape index (κ2) is 4.78. The summed E-state index contributed by atoms with van der Waals surface area (Å²) in [6.45, 7) is 2.92. The summed E-state index contributed by atoms with van der Waals surface area (Å²) in [5.74, 6) is -0.308. The SMILES string of the molecule is CC(C)(CO)[C@@H](N)c1cc(C(F)(F)F)ccc1O. The van der Waals surface area contributed by atoms with Crippen LogP contribution in [-0.2, 0) is 6.18 Å². The zero-order valence-corrected chi connectivity index (χ0v) is 10.1. The summed E-state index contributed by atoms with van der Waals surface area (Å²) in [7, 11) is 0. The van der Waals surface area contributed by atoms with Gasteiger partial charge in [0.2, 0.25) is 0 Å². The van der Waals surface area contributed by atoms with E-state index in [1.54, 1.807) is 13.8 Å².